The minimum absolute atomic E-state index is 0.0390. The van der Waals surface area contributed by atoms with E-state index in [4.69, 9.17) is 20.3 Å². The SMILES string of the molecule is CCC(C)(CCN)OCC(C)(C)OCCO. The first kappa shape index (κ1) is 15.8. The van der Waals surface area contributed by atoms with Crippen LogP contribution in [-0.4, -0.2) is 42.7 Å². The van der Waals surface area contributed by atoms with E-state index in [-0.39, 0.29) is 17.8 Å². The van der Waals surface area contributed by atoms with E-state index < -0.39 is 0 Å². The van der Waals surface area contributed by atoms with Crippen LogP contribution in [0.4, 0.5) is 0 Å². The third kappa shape index (κ3) is 6.43. The van der Waals surface area contributed by atoms with Crippen molar-refractivity contribution in [3.8, 4) is 0 Å². The summed E-state index contributed by atoms with van der Waals surface area (Å²) in [5.41, 5.74) is 5.03. The first-order chi connectivity index (χ1) is 7.39. The Morgan fingerprint density at radius 2 is 1.81 bits per heavy atom. The van der Waals surface area contributed by atoms with Crippen LogP contribution in [0.3, 0.4) is 0 Å². The van der Waals surface area contributed by atoms with Gasteiger partial charge in [-0.3, -0.25) is 0 Å². The zero-order valence-electron chi connectivity index (χ0n) is 11.1. The smallest absolute Gasteiger partial charge is 0.0860 e. The minimum Gasteiger partial charge on any atom is -0.394 e. The summed E-state index contributed by atoms with van der Waals surface area (Å²) in [5, 5.41) is 8.71. The van der Waals surface area contributed by atoms with Gasteiger partial charge in [0.1, 0.15) is 0 Å². The van der Waals surface area contributed by atoms with Crippen LogP contribution in [0.1, 0.15) is 40.5 Å². The van der Waals surface area contributed by atoms with E-state index in [0.717, 1.165) is 12.8 Å². The molecule has 98 valence electrons. The summed E-state index contributed by atoms with van der Waals surface area (Å²) in [6.07, 6.45) is 1.78. The van der Waals surface area contributed by atoms with Gasteiger partial charge in [0.2, 0.25) is 0 Å². The molecule has 0 aromatic carbocycles. The second-order valence-electron chi connectivity index (χ2n) is 4.96. The van der Waals surface area contributed by atoms with Crippen molar-refractivity contribution >= 4 is 0 Å². The molecule has 0 rings (SSSR count). The molecule has 0 aliphatic heterocycles. The van der Waals surface area contributed by atoms with Gasteiger partial charge in [0.15, 0.2) is 0 Å². The van der Waals surface area contributed by atoms with E-state index in [2.05, 4.69) is 13.8 Å². The van der Waals surface area contributed by atoms with Crippen molar-refractivity contribution in [3.63, 3.8) is 0 Å². The lowest BCUT2D eigenvalue weighted by molar-refractivity contribution is -0.132. The van der Waals surface area contributed by atoms with E-state index in [9.17, 15) is 0 Å². The topological polar surface area (TPSA) is 64.7 Å². The lowest BCUT2D eigenvalue weighted by Gasteiger charge is -2.33. The van der Waals surface area contributed by atoms with Gasteiger partial charge in [0.25, 0.3) is 0 Å². The Morgan fingerprint density at radius 1 is 1.19 bits per heavy atom. The maximum absolute atomic E-state index is 8.71. The second kappa shape index (κ2) is 7.22. The highest BCUT2D eigenvalue weighted by Crippen LogP contribution is 2.22. The summed E-state index contributed by atoms with van der Waals surface area (Å²) in [6.45, 7) is 9.61. The molecular formula is C12H27NO3. The summed E-state index contributed by atoms with van der Waals surface area (Å²) in [7, 11) is 0. The maximum atomic E-state index is 8.71. The molecule has 0 aliphatic rings. The quantitative estimate of drug-likeness (QED) is 0.630. The van der Waals surface area contributed by atoms with Crippen molar-refractivity contribution in [1.29, 1.82) is 0 Å². The molecule has 0 aromatic heterocycles. The fraction of sp³-hybridized carbons (Fsp3) is 1.00. The predicted octanol–water partition coefficient (Wildman–Crippen LogP) is 1.31. The van der Waals surface area contributed by atoms with Crippen LogP contribution < -0.4 is 5.73 Å². The summed E-state index contributed by atoms with van der Waals surface area (Å²) in [6, 6.07) is 0. The third-order valence-corrected chi connectivity index (χ3v) is 2.77. The lowest BCUT2D eigenvalue weighted by Crippen LogP contribution is -2.39. The first-order valence-electron chi connectivity index (χ1n) is 5.98. The summed E-state index contributed by atoms with van der Waals surface area (Å²) >= 11 is 0. The molecule has 0 fully saturated rings. The van der Waals surface area contributed by atoms with Gasteiger partial charge in [-0.25, -0.2) is 0 Å². The van der Waals surface area contributed by atoms with Crippen molar-refractivity contribution in [3.05, 3.63) is 0 Å². The van der Waals surface area contributed by atoms with E-state index in [1.165, 1.54) is 0 Å². The zero-order chi connectivity index (χ0) is 12.7. The molecule has 0 aliphatic carbocycles. The molecule has 3 N–H and O–H groups in total. The average molecular weight is 233 g/mol. The Hall–Kier alpha value is -0.160. The Kier molecular flexibility index (Phi) is 7.15. The third-order valence-electron chi connectivity index (χ3n) is 2.77. The highest BCUT2D eigenvalue weighted by Gasteiger charge is 2.27. The fourth-order valence-electron chi connectivity index (χ4n) is 1.37. The molecule has 0 saturated heterocycles. The van der Waals surface area contributed by atoms with E-state index in [0.29, 0.717) is 19.8 Å². The fourth-order valence-corrected chi connectivity index (χ4v) is 1.37. The Morgan fingerprint density at radius 3 is 2.25 bits per heavy atom. The van der Waals surface area contributed by atoms with Gasteiger partial charge in [-0.15, -0.1) is 0 Å². The van der Waals surface area contributed by atoms with Crippen molar-refractivity contribution in [2.24, 2.45) is 5.73 Å². The van der Waals surface area contributed by atoms with Crippen LogP contribution in [0.25, 0.3) is 0 Å². The molecule has 0 amide bonds. The van der Waals surface area contributed by atoms with Crippen molar-refractivity contribution in [1.82, 2.24) is 0 Å². The highest BCUT2D eigenvalue weighted by atomic mass is 16.6. The van der Waals surface area contributed by atoms with Crippen molar-refractivity contribution in [2.45, 2.75) is 51.7 Å². The van der Waals surface area contributed by atoms with Gasteiger partial charge in [-0.05, 0) is 40.2 Å². The molecule has 16 heavy (non-hydrogen) atoms. The van der Waals surface area contributed by atoms with Crippen LogP contribution >= 0.6 is 0 Å². The maximum Gasteiger partial charge on any atom is 0.0860 e. The Bertz CT molecular complexity index is 185. The van der Waals surface area contributed by atoms with Crippen molar-refractivity contribution < 1.29 is 14.6 Å². The van der Waals surface area contributed by atoms with E-state index in [1.54, 1.807) is 0 Å². The first-order valence-corrected chi connectivity index (χ1v) is 5.98. The molecule has 0 aromatic rings. The largest absolute Gasteiger partial charge is 0.394 e. The number of ether oxygens (including phenoxy) is 2. The van der Waals surface area contributed by atoms with E-state index >= 15 is 0 Å². The molecule has 0 saturated carbocycles. The van der Waals surface area contributed by atoms with Gasteiger partial charge in [-0.2, -0.15) is 0 Å². The molecule has 0 radical (unpaired) electrons. The predicted molar refractivity (Wildman–Crippen MR) is 65.4 cm³/mol. The van der Waals surface area contributed by atoms with Crippen molar-refractivity contribution in [2.75, 3.05) is 26.4 Å². The molecule has 4 heteroatoms. The lowest BCUT2D eigenvalue weighted by atomic mass is 9.98. The average Bonchev–Trinajstić information content (AvgIpc) is 2.25. The summed E-state index contributed by atoms with van der Waals surface area (Å²) in [4.78, 5) is 0. The van der Waals surface area contributed by atoms with Crippen LogP contribution in [0.5, 0.6) is 0 Å². The number of rotatable bonds is 9. The van der Waals surface area contributed by atoms with Gasteiger partial charge >= 0.3 is 0 Å². The zero-order valence-corrected chi connectivity index (χ0v) is 11.1. The van der Waals surface area contributed by atoms with Gasteiger partial charge in [0.05, 0.1) is 31.0 Å². The van der Waals surface area contributed by atoms with E-state index in [1.807, 2.05) is 13.8 Å². The molecule has 4 nitrogen and oxygen atoms in total. The highest BCUT2D eigenvalue weighted by molar-refractivity contribution is 4.77. The van der Waals surface area contributed by atoms with Crippen LogP contribution in [0.2, 0.25) is 0 Å². The number of nitrogens with two attached hydrogens (primary N) is 1. The van der Waals surface area contributed by atoms with Crippen LogP contribution in [0.15, 0.2) is 0 Å². The minimum atomic E-state index is -0.367. The number of aliphatic hydroxyl groups is 1. The number of aliphatic hydroxyl groups excluding tert-OH is 1. The van der Waals surface area contributed by atoms with Gasteiger partial charge < -0.3 is 20.3 Å². The molecule has 0 spiro atoms. The normalized spacial score (nSPS) is 16.1. The Balaban J connectivity index is 4.08. The Labute approximate surface area is 99.1 Å². The molecule has 0 heterocycles. The van der Waals surface area contributed by atoms with Gasteiger partial charge in [0, 0.05) is 0 Å². The number of hydrogen-bond acceptors (Lipinski definition) is 4. The summed E-state index contributed by atoms with van der Waals surface area (Å²) in [5.74, 6) is 0. The monoisotopic (exact) mass is 233 g/mol. The summed E-state index contributed by atoms with van der Waals surface area (Å²) < 4.78 is 11.4. The molecule has 1 unspecified atom stereocenters. The molecule has 0 bridgehead atoms. The number of hydrogen-bond donors (Lipinski definition) is 2. The van der Waals surface area contributed by atoms with Crippen LogP contribution in [0, 0.1) is 0 Å². The molecule has 1 atom stereocenters. The standard InChI is InChI=1S/C12H27NO3/c1-5-12(4,6-7-13)16-10-11(2,3)15-9-8-14/h14H,5-10,13H2,1-4H3. The molecular weight excluding hydrogens is 206 g/mol. The van der Waals surface area contributed by atoms with Gasteiger partial charge in [-0.1, -0.05) is 6.92 Å². The second-order valence-corrected chi connectivity index (χ2v) is 4.96. The van der Waals surface area contributed by atoms with Crippen LogP contribution in [-0.2, 0) is 9.47 Å².